The first kappa shape index (κ1) is 20.6. The van der Waals surface area contributed by atoms with Crippen LogP contribution in [0.15, 0.2) is 18.2 Å². The van der Waals surface area contributed by atoms with Gasteiger partial charge in [0.2, 0.25) is 0 Å². The number of methoxy groups -OCH3 is 1. The Balaban J connectivity index is 1.66. The van der Waals surface area contributed by atoms with Crippen molar-refractivity contribution in [2.45, 2.75) is 44.2 Å². The van der Waals surface area contributed by atoms with Gasteiger partial charge in [-0.1, -0.05) is 12.8 Å². The largest absolute Gasteiger partial charge is 0.494 e. The molecule has 2 aliphatic rings. The molecule has 154 valence electrons. The van der Waals surface area contributed by atoms with Gasteiger partial charge < -0.3 is 14.4 Å². The van der Waals surface area contributed by atoms with Crippen LogP contribution in [-0.4, -0.2) is 62.5 Å². The number of amides is 1. The van der Waals surface area contributed by atoms with Crippen molar-refractivity contribution in [3.05, 3.63) is 29.6 Å². The van der Waals surface area contributed by atoms with E-state index in [1.54, 1.807) is 4.90 Å². The van der Waals surface area contributed by atoms with Crippen LogP contribution in [0.2, 0.25) is 0 Å². The van der Waals surface area contributed by atoms with Crippen LogP contribution in [0, 0.1) is 5.82 Å². The van der Waals surface area contributed by atoms with E-state index >= 15 is 0 Å². The first-order valence-corrected chi connectivity index (χ1v) is 11.1. The molecule has 1 amide bonds. The lowest BCUT2D eigenvalue weighted by atomic mass is 10.1. The quantitative estimate of drug-likeness (QED) is 0.662. The second-order valence-corrected chi connectivity index (χ2v) is 9.45. The number of ether oxygens (including phenoxy) is 2. The molecular weight excluding hydrogens is 389 g/mol. The van der Waals surface area contributed by atoms with Gasteiger partial charge >= 0.3 is 5.97 Å². The minimum Gasteiger partial charge on any atom is -0.494 e. The monoisotopic (exact) mass is 413 g/mol. The number of carbonyl (C=O) groups excluding carboxylic acids is 2. The van der Waals surface area contributed by atoms with Crippen molar-refractivity contribution >= 4 is 21.7 Å². The predicted octanol–water partition coefficient (Wildman–Crippen LogP) is 1.95. The molecule has 1 aromatic carbocycles. The third-order valence-electron chi connectivity index (χ3n) is 5.32. The number of esters is 1. The van der Waals surface area contributed by atoms with E-state index in [0.717, 1.165) is 31.7 Å². The van der Waals surface area contributed by atoms with Crippen LogP contribution < -0.4 is 4.74 Å². The smallest absolute Gasteiger partial charge is 0.338 e. The third kappa shape index (κ3) is 4.63. The van der Waals surface area contributed by atoms with Crippen molar-refractivity contribution < 1.29 is 31.9 Å². The molecule has 1 aromatic rings. The lowest BCUT2D eigenvalue weighted by Crippen LogP contribution is -2.48. The van der Waals surface area contributed by atoms with Crippen molar-refractivity contribution in [1.29, 1.82) is 0 Å². The maximum atomic E-state index is 13.8. The molecule has 0 N–H and O–H groups in total. The van der Waals surface area contributed by atoms with Crippen molar-refractivity contribution in [2.75, 3.05) is 25.2 Å². The van der Waals surface area contributed by atoms with Crippen molar-refractivity contribution in [3.63, 3.8) is 0 Å². The molecule has 7 nitrogen and oxygen atoms in total. The summed E-state index contributed by atoms with van der Waals surface area (Å²) in [5.74, 6) is -1.91. The van der Waals surface area contributed by atoms with Crippen LogP contribution in [0.1, 0.15) is 42.5 Å². The summed E-state index contributed by atoms with van der Waals surface area (Å²) >= 11 is 0. The SMILES string of the molecule is COc1ccc(C(=O)OCC(=O)N(C2CCCC2)[C@H]2CCS(=O)(=O)C2)cc1F. The number of carbonyl (C=O) groups is 2. The lowest BCUT2D eigenvalue weighted by Gasteiger charge is -2.33. The summed E-state index contributed by atoms with van der Waals surface area (Å²) < 4.78 is 47.3. The minimum atomic E-state index is -3.14. The number of hydrogen-bond donors (Lipinski definition) is 0. The van der Waals surface area contributed by atoms with Crippen LogP contribution in [-0.2, 0) is 19.4 Å². The number of halogens is 1. The van der Waals surface area contributed by atoms with Gasteiger partial charge in [-0.3, -0.25) is 4.79 Å². The zero-order valence-corrected chi connectivity index (χ0v) is 16.5. The summed E-state index contributed by atoms with van der Waals surface area (Å²) in [5, 5.41) is 0. The average molecular weight is 413 g/mol. The van der Waals surface area contributed by atoms with Crippen LogP contribution in [0.5, 0.6) is 5.75 Å². The summed E-state index contributed by atoms with van der Waals surface area (Å²) in [7, 11) is -1.83. The highest BCUT2D eigenvalue weighted by Crippen LogP contribution is 2.29. The van der Waals surface area contributed by atoms with E-state index in [1.807, 2.05) is 0 Å². The molecule has 1 aliphatic carbocycles. The molecule has 0 radical (unpaired) electrons. The maximum absolute atomic E-state index is 13.8. The highest BCUT2D eigenvalue weighted by Gasteiger charge is 2.39. The maximum Gasteiger partial charge on any atom is 0.338 e. The van der Waals surface area contributed by atoms with Crippen LogP contribution in [0.3, 0.4) is 0 Å². The molecule has 2 fully saturated rings. The number of sulfone groups is 1. The fourth-order valence-corrected chi connectivity index (χ4v) is 5.67. The van der Waals surface area contributed by atoms with E-state index in [1.165, 1.54) is 19.2 Å². The van der Waals surface area contributed by atoms with Crippen molar-refractivity contribution in [2.24, 2.45) is 0 Å². The van der Waals surface area contributed by atoms with Crippen molar-refractivity contribution in [1.82, 2.24) is 4.90 Å². The number of benzene rings is 1. The van der Waals surface area contributed by atoms with E-state index in [4.69, 9.17) is 9.47 Å². The third-order valence-corrected chi connectivity index (χ3v) is 7.07. The van der Waals surface area contributed by atoms with Crippen LogP contribution in [0.25, 0.3) is 0 Å². The van der Waals surface area contributed by atoms with E-state index in [9.17, 15) is 22.4 Å². The van der Waals surface area contributed by atoms with Crippen molar-refractivity contribution in [3.8, 4) is 5.75 Å². The molecule has 1 atom stereocenters. The molecule has 0 unspecified atom stereocenters. The zero-order chi connectivity index (χ0) is 20.3. The van der Waals surface area contributed by atoms with Crippen LogP contribution in [0.4, 0.5) is 4.39 Å². The first-order valence-electron chi connectivity index (χ1n) is 9.33. The molecule has 1 aliphatic heterocycles. The Morgan fingerprint density at radius 3 is 2.46 bits per heavy atom. The minimum absolute atomic E-state index is 0.00229. The number of hydrogen-bond acceptors (Lipinski definition) is 6. The van der Waals surface area contributed by atoms with Gasteiger partial charge in [0, 0.05) is 12.1 Å². The van der Waals surface area contributed by atoms with Gasteiger partial charge in [-0.2, -0.15) is 0 Å². The van der Waals surface area contributed by atoms with E-state index in [2.05, 4.69) is 0 Å². The van der Waals surface area contributed by atoms with E-state index in [-0.39, 0.29) is 34.9 Å². The second-order valence-electron chi connectivity index (χ2n) is 7.22. The molecule has 0 bridgehead atoms. The highest BCUT2D eigenvalue weighted by atomic mass is 32.2. The van der Waals surface area contributed by atoms with E-state index < -0.39 is 34.1 Å². The fraction of sp³-hybridized carbons (Fsp3) is 0.579. The van der Waals surface area contributed by atoms with Gasteiger partial charge in [0.05, 0.1) is 24.2 Å². The van der Waals surface area contributed by atoms with Gasteiger partial charge in [-0.25, -0.2) is 17.6 Å². The molecule has 3 rings (SSSR count). The Bertz CT molecular complexity index is 850. The van der Waals surface area contributed by atoms with Gasteiger partial charge in [-0.15, -0.1) is 0 Å². The molecule has 0 spiro atoms. The first-order chi connectivity index (χ1) is 13.3. The highest BCUT2D eigenvalue weighted by molar-refractivity contribution is 7.91. The summed E-state index contributed by atoms with van der Waals surface area (Å²) in [6.07, 6.45) is 4.01. The molecule has 9 heteroatoms. The summed E-state index contributed by atoms with van der Waals surface area (Å²) in [6, 6.07) is 3.25. The van der Waals surface area contributed by atoms with Gasteiger partial charge in [0.15, 0.2) is 28.0 Å². The Kier molecular flexibility index (Phi) is 6.22. The molecule has 1 saturated heterocycles. The lowest BCUT2D eigenvalue weighted by molar-refractivity contribution is -0.139. The molecule has 1 saturated carbocycles. The van der Waals surface area contributed by atoms with Crippen LogP contribution >= 0.6 is 0 Å². The van der Waals surface area contributed by atoms with Gasteiger partial charge in [0.1, 0.15) is 0 Å². The van der Waals surface area contributed by atoms with Gasteiger partial charge in [0.25, 0.3) is 5.91 Å². The summed E-state index contributed by atoms with van der Waals surface area (Å²) in [4.78, 5) is 26.6. The predicted molar refractivity (Wildman–Crippen MR) is 99.4 cm³/mol. The molecule has 28 heavy (non-hydrogen) atoms. The Morgan fingerprint density at radius 2 is 1.89 bits per heavy atom. The Labute approximate surface area is 163 Å². The van der Waals surface area contributed by atoms with E-state index in [0.29, 0.717) is 6.42 Å². The Hall–Kier alpha value is -2.16. The summed E-state index contributed by atoms with van der Waals surface area (Å²) in [6.45, 7) is -0.500. The normalized spacial score (nSPS) is 21.4. The topological polar surface area (TPSA) is 90.0 Å². The fourth-order valence-electron chi connectivity index (χ4n) is 3.96. The molecule has 1 heterocycles. The Morgan fingerprint density at radius 1 is 1.18 bits per heavy atom. The average Bonchev–Trinajstić information content (AvgIpc) is 3.30. The van der Waals surface area contributed by atoms with Gasteiger partial charge in [-0.05, 0) is 37.5 Å². The molecule has 0 aromatic heterocycles. The number of nitrogens with zero attached hydrogens (tertiary/aromatic N) is 1. The summed E-state index contributed by atoms with van der Waals surface area (Å²) in [5.41, 5.74) is -0.0260. The molecular formula is C19H24FNO6S. The zero-order valence-electron chi connectivity index (χ0n) is 15.7. The second kappa shape index (κ2) is 8.46. The standard InChI is InChI=1S/C19H24FNO6S/c1-26-17-7-6-13(10-16(17)20)19(23)27-11-18(22)21(14-4-2-3-5-14)15-8-9-28(24,25)12-15/h6-7,10,14-15H,2-5,8-9,11-12H2,1H3/t15-/m0/s1. The number of rotatable bonds is 6.